The summed E-state index contributed by atoms with van der Waals surface area (Å²) in [7, 11) is 0. The van der Waals surface area contributed by atoms with Gasteiger partial charge in [-0.2, -0.15) is 0 Å². The average molecular weight is 277 g/mol. The summed E-state index contributed by atoms with van der Waals surface area (Å²) in [6.07, 6.45) is 4.19. The van der Waals surface area contributed by atoms with Crippen LogP contribution < -0.4 is 15.2 Å². The third-order valence-electron chi connectivity index (χ3n) is 3.91. The Morgan fingerprint density at radius 3 is 2.10 bits per heavy atom. The standard InChI is InChI=1S/C17H27NO2/c1-4-8-19-16-10-13-12(3)6-7-15(18)14(13)11-17(16)20-9-5-2/h10-12,15H,4-9,18H2,1-3H3/t12?,15-/m1/s1. The summed E-state index contributed by atoms with van der Waals surface area (Å²) < 4.78 is 11.7. The zero-order valence-electron chi connectivity index (χ0n) is 12.9. The Bertz CT molecular complexity index is 404. The largest absolute Gasteiger partial charge is 0.490 e. The second kappa shape index (κ2) is 6.98. The first-order chi connectivity index (χ1) is 9.67. The van der Waals surface area contributed by atoms with Crippen molar-refractivity contribution in [2.75, 3.05) is 13.2 Å². The number of benzene rings is 1. The van der Waals surface area contributed by atoms with Crippen LogP contribution in [0.25, 0.3) is 0 Å². The predicted molar refractivity (Wildman–Crippen MR) is 82.6 cm³/mol. The normalized spacial score (nSPS) is 21.4. The molecule has 1 aliphatic rings. The van der Waals surface area contributed by atoms with Gasteiger partial charge in [0.05, 0.1) is 13.2 Å². The van der Waals surface area contributed by atoms with Crippen LogP contribution in [0.3, 0.4) is 0 Å². The minimum absolute atomic E-state index is 0.130. The van der Waals surface area contributed by atoms with Crippen LogP contribution in [-0.2, 0) is 0 Å². The van der Waals surface area contributed by atoms with E-state index in [1.807, 2.05) is 0 Å². The molecule has 0 radical (unpaired) electrons. The summed E-state index contributed by atoms with van der Waals surface area (Å²) >= 11 is 0. The van der Waals surface area contributed by atoms with Crippen molar-refractivity contribution in [3.8, 4) is 11.5 Å². The van der Waals surface area contributed by atoms with Gasteiger partial charge in [-0.1, -0.05) is 20.8 Å². The number of hydrogen-bond donors (Lipinski definition) is 1. The fraction of sp³-hybridized carbons (Fsp3) is 0.647. The SMILES string of the molecule is CCCOc1cc2c(cc1OCCC)[C@H](N)CCC2C. The molecule has 0 heterocycles. The Morgan fingerprint density at radius 1 is 1.00 bits per heavy atom. The van der Waals surface area contributed by atoms with Crippen LogP contribution in [0.1, 0.15) is 69.5 Å². The molecule has 2 atom stereocenters. The lowest BCUT2D eigenvalue weighted by Crippen LogP contribution is -2.20. The lowest BCUT2D eigenvalue weighted by Gasteiger charge is -2.29. The van der Waals surface area contributed by atoms with Gasteiger partial charge in [0.2, 0.25) is 0 Å². The van der Waals surface area contributed by atoms with E-state index in [1.54, 1.807) is 0 Å². The van der Waals surface area contributed by atoms with E-state index >= 15 is 0 Å². The maximum Gasteiger partial charge on any atom is 0.161 e. The van der Waals surface area contributed by atoms with E-state index < -0.39 is 0 Å². The molecule has 0 bridgehead atoms. The Labute approximate surface area is 122 Å². The molecule has 0 aromatic heterocycles. The zero-order valence-corrected chi connectivity index (χ0v) is 12.9. The molecule has 1 aliphatic carbocycles. The fourth-order valence-electron chi connectivity index (χ4n) is 2.73. The number of ether oxygens (including phenoxy) is 2. The molecule has 2 N–H and O–H groups in total. The van der Waals surface area contributed by atoms with Crippen LogP contribution in [0.4, 0.5) is 0 Å². The van der Waals surface area contributed by atoms with Crippen LogP contribution in [-0.4, -0.2) is 13.2 Å². The Hall–Kier alpha value is -1.22. The second-order valence-electron chi connectivity index (χ2n) is 5.71. The Morgan fingerprint density at radius 2 is 1.55 bits per heavy atom. The van der Waals surface area contributed by atoms with E-state index in [-0.39, 0.29) is 6.04 Å². The van der Waals surface area contributed by atoms with E-state index in [0.29, 0.717) is 12.5 Å². The van der Waals surface area contributed by atoms with Gasteiger partial charge < -0.3 is 15.2 Å². The van der Waals surface area contributed by atoms with Gasteiger partial charge in [-0.05, 0) is 54.9 Å². The van der Waals surface area contributed by atoms with Crippen LogP contribution in [0, 0.1) is 0 Å². The molecule has 1 aromatic carbocycles. The molecular formula is C17H27NO2. The highest BCUT2D eigenvalue weighted by Gasteiger charge is 2.25. The molecular weight excluding hydrogens is 250 g/mol. The molecule has 0 amide bonds. The quantitative estimate of drug-likeness (QED) is 0.849. The van der Waals surface area contributed by atoms with Crippen LogP contribution in [0.2, 0.25) is 0 Å². The second-order valence-corrected chi connectivity index (χ2v) is 5.71. The first-order valence-corrected chi connectivity index (χ1v) is 7.86. The van der Waals surface area contributed by atoms with Crippen molar-refractivity contribution in [3.05, 3.63) is 23.3 Å². The van der Waals surface area contributed by atoms with E-state index in [9.17, 15) is 0 Å². The smallest absolute Gasteiger partial charge is 0.161 e. The van der Waals surface area contributed by atoms with E-state index in [0.717, 1.165) is 43.8 Å². The van der Waals surface area contributed by atoms with Crippen molar-refractivity contribution in [2.45, 2.75) is 58.4 Å². The van der Waals surface area contributed by atoms with Crippen molar-refractivity contribution >= 4 is 0 Å². The van der Waals surface area contributed by atoms with Gasteiger partial charge in [-0.15, -0.1) is 0 Å². The van der Waals surface area contributed by atoms with Crippen LogP contribution in [0.15, 0.2) is 12.1 Å². The molecule has 112 valence electrons. The summed E-state index contributed by atoms with van der Waals surface area (Å²) in [5.41, 5.74) is 8.83. The number of nitrogens with two attached hydrogens (primary N) is 1. The van der Waals surface area contributed by atoms with Crippen LogP contribution in [0.5, 0.6) is 11.5 Å². The number of rotatable bonds is 6. The third-order valence-corrected chi connectivity index (χ3v) is 3.91. The van der Waals surface area contributed by atoms with Crippen molar-refractivity contribution in [3.63, 3.8) is 0 Å². The zero-order chi connectivity index (χ0) is 14.5. The summed E-state index contributed by atoms with van der Waals surface area (Å²) in [6, 6.07) is 4.39. The van der Waals surface area contributed by atoms with Gasteiger partial charge in [0.25, 0.3) is 0 Å². The van der Waals surface area contributed by atoms with Gasteiger partial charge in [0, 0.05) is 6.04 Å². The molecule has 0 saturated heterocycles. The highest BCUT2D eigenvalue weighted by molar-refractivity contribution is 5.50. The number of hydrogen-bond acceptors (Lipinski definition) is 3. The first-order valence-electron chi connectivity index (χ1n) is 7.86. The van der Waals surface area contributed by atoms with Gasteiger partial charge in [0.1, 0.15) is 0 Å². The summed E-state index contributed by atoms with van der Waals surface area (Å²) in [5.74, 6) is 2.28. The maximum absolute atomic E-state index is 6.26. The molecule has 2 rings (SSSR count). The monoisotopic (exact) mass is 277 g/mol. The van der Waals surface area contributed by atoms with E-state index in [1.165, 1.54) is 11.1 Å². The molecule has 3 heteroatoms. The Balaban J connectivity index is 2.35. The van der Waals surface area contributed by atoms with Crippen molar-refractivity contribution in [1.29, 1.82) is 0 Å². The summed E-state index contributed by atoms with van der Waals surface area (Å²) in [5, 5.41) is 0. The van der Waals surface area contributed by atoms with E-state index in [2.05, 4.69) is 32.9 Å². The van der Waals surface area contributed by atoms with Crippen molar-refractivity contribution < 1.29 is 9.47 Å². The van der Waals surface area contributed by atoms with Crippen LogP contribution >= 0.6 is 0 Å². The molecule has 0 saturated carbocycles. The first kappa shape index (κ1) is 15.2. The molecule has 20 heavy (non-hydrogen) atoms. The highest BCUT2D eigenvalue weighted by atomic mass is 16.5. The van der Waals surface area contributed by atoms with Gasteiger partial charge in [-0.25, -0.2) is 0 Å². The Kier molecular flexibility index (Phi) is 5.30. The summed E-state index contributed by atoms with van der Waals surface area (Å²) in [6.45, 7) is 7.93. The lowest BCUT2D eigenvalue weighted by molar-refractivity contribution is 0.267. The lowest BCUT2D eigenvalue weighted by atomic mass is 9.81. The third kappa shape index (κ3) is 3.26. The minimum Gasteiger partial charge on any atom is -0.490 e. The van der Waals surface area contributed by atoms with Gasteiger partial charge >= 0.3 is 0 Å². The highest BCUT2D eigenvalue weighted by Crippen LogP contribution is 2.42. The molecule has 0 spiro atoms. The topological polar surface area (TPSA) is 44.5 Å². The maximum atomic E-state index is 6.26. The summed E-state index contributed by atoms with van der Waals surface area (Å²) in [4.78, 5) is 0. The minimum atomic E-state index is 0.130. The molecule has 1 aromatic rings. The van der Waals surface area contributed by atoms with Crippen molar-refractivity contribution in [2.24, 2.45) is 5.73 Å². The van der Waals surface area contributed by atoms with Gasteiger partial charge in [0.15, 0.2) is 11.5 Å². The molecule has 0 fully saturated rings. The predicted octanol–water partition coefficient (Wildman–Crippen LogP) is 4.16. The fourth-order valence-corrected chi connectivity index (χ4v) is 2.73. The number of fused-ring (bicyclic) bond motifs is 1. The molecule has 0 aliphatic heterocycles. The average Bonchev–Trinajstić information content (AvgIpc) is 2.46. The molecule has 3 nitrogen and oxygen atoms in total. The van der Waals surface area contributed by atoms with Crippen molar-refractivity contribution in [1.82, 2.24) is 0 Å². The molecule has 1 unspecified atom stereocenters. The van der Waals surface area contributed by atoms with E-state index in [4.69, 9.17) is 15.2 Å². The van der Waals surface area contributed by atoms with Gasteiger partial charge in [-0.3, -0.25) is 0 Å².